The van der Waals surface area contributed by atoms with Crippen molar-refractivity contribution in [2.45, 2.75) is 37.1 Å². The summed E-state index contributed by atoms with van der Waals surface area (Å²) in [5.74, 6) is 6.70. The second-order valence-corrected chi connectivity index (χ2v) is 9.61. The van der Waals surface area contributed by atoms with Crippen molar-refractivity contribution < 1.29 is 19.4 Å². The summed E-state index contributed by atoms with van der Waals surface area (Å²) < 4.78 is 10.9. The average Bonchev–Trinajstić information content (AvgIpc) is 3.19. The number of anilines is 1. The quantitative estimate of drug-likeness (QED) is 0.695. The second kappa shape index (κ2) is 9.52. The van der Waals surface area contributed by atoms with Gasteiger partial charge in [0.2, 0.25) is 0 Å². The summed E-state index contributed by atoms with van der Waals surface area (Å²) in [4.78, 5) is 17.0. The standard InChI is InChI=1S/C28H32N2O4/c1-33-25-18-30(27(31)26(25)34-2)24-9-8-21(22(17-24)16-20-6-4-3-5-7-20)10-13-28(32)19-29-14-11-23(28)12-15-29/h3-9,17,23,25-26,32H,11-12,14-16,18-19H2,1-2H3/t25-,26-,28-/m1/s1. The maximum absolute atomic E-state index is 13.0. The molecular formula is C28H32N2O4. The first-order chi connectivity index (χ1) is 16.5. The van der Waals surface area contributed by atoms with Crippen LogP contribution in [-0.2, 0) is 20.7 Å². The number of piperidine rings is 3. The molecule has 2 bridgehead atoms. The number of nitrogens with zero attached hydrogens (tertiary/aromatic N) is 2. The third-order valence-corrected chi connectivity index (χ3v) is 7.55. The highest BCUT2D eigenvalue weighted by Crippen LogP contribution is 2.35. The average molecular weight is 461 g/mol. The molecule has 4 aliphatic rings. The number of amides is 1. The lowest BCUT2D eigenvalue weighted by Gasteiger charge is -2.47. The van der Waals surface area contributed by atoms with Crippen LogP contribution in [0.25, 0.3) is 0 Å². The van der Waals surface area contributed by atoms with Crippen molar-refractivity contribution in [1.29, 1.82) is 0 Å². The highest BCUT2D eigenvalue weighted by molar-refractivity contribution is 5.99. The van der Waals surface area contributed by atoms with Crippen molar-refractivity contribution >= 4 is 11.6 Å². The molecule has 1 amide bonds. The van der Waals surface area contributed by atoms with Gasteiger partial charge in [0, 0.05) is 37.9 Å². The number of hydrogen-bond donors (Lipinski definition) is 1. The van der Waals surface area contributed by atoms with Gasteiger partial charge in [-0.1, -0.05) is 42.2 Å². The van der Waals surface area contributed by atoms with E-state index in [-0.39, 0.29) is 17.9 Å². The maximum Gasteiger partial charge on any atom is 0.258 e. The molecule has 0 aliphatic carbocycles. The van der Waals surface area contributed by atoms with E-state index in [1.807, 2.05) is 36.4 Å². The summed E-state index contributed by atoms with van der Waals surface area (Å²) in [6.07, 6.45) is 1.78. The molecule has 34 heavy (non-hydrogen) atoms. The lowest BCUT2D eigenvalue weighted by Crippen LogP contribution is -2.58. The maximum atomic E-state index is 13.0. The van der Waals surface area contributed by atoms with Crippen LogP contribution < -0.4 is 4.90 Å². The Morgan fingerprint density at radius 3 is 2.47 bits per heavy atom. The van der Waals surface area contributed by atoms with Crippen molar-refractivity contribution in [1.82, 2.24) is 4.90 Å². The van der Waals surface area contributed by atoms with E-state index in [1.54, 1.807) is 12.0 Å². The van der Waals surface area contributed by atoms with Crippen molar-refractivity contribution in [3.63, 3.8) is 0 Å². The Kier molecular flexibility index (Phi) is 6.46. The Hall–Kier alpha value is -2.69. The van der Waals surface area contributed by atoms with Crippen LogP contribution in [0.5, 0.6) is 0 Å². The number of hydrogen-bond acceptors (Lipinski definition) is 5. The molecule has 4 saturated heterocycles. The number of carbonyl (C=O) groups excluding carboxylic acids is 1. The number of fused-ring (bicyclic) bond motifs is 3. The fourth-order valence-corrected chi connectivity index (χ4v) is 5.55. The highest BCUT2D eigenvalue weighted by atomic mass is 16.5. The summed E-state index contributed by atoms with van der Waals surface area (Å²) in [5.41, 5.74) is 2.94. The number of ether oxygens (including phenoxy) is 2. The van der Waals surface area contributed by atoms with E-state index in [0.29, 0.717) is 19.5 Å². The predicted octanol–water partition coefficient (Wildman–Crippen LogP) is 2.46. The molecule has 0 unspecified atom stereocenters. The largest absolute Gasteiger partial charge is 0.376 e. The minimum Gasteiger partial charge on any atom is -0.376 e. The van der Waals surface area contributed by atoms with E-state index in [1.165, 1.54) is 12.7 Å². The zero-order valence-electron chi connectivity index (χ0n) is 19.9. The second-order valence-electron chi connectivity index (χ2n) is 9.61. The molecule has 178 valence electrons. The smallest absolute Gasteiger partial charge is 0.258 e. The molecule has 4 aliphatic heterocycles. The molecule has 0 aromatic heterocycles. The van der Waals surface area contributed by atoms with Gasteiger partial charge in [0.1, 0.15) is 11.7 Å². The summed E-state index contributed by atoms with van der Waals surface area (Å²) in [5, 5.41) is 11.3. The van der Waals surface area contributed by atoms with Gasteiger partial charge in [0.05, 0.1) is 6.54 Å². The minimum atomic E-state index is -0.957. The SMILES string of the molecule is CO[C@@H]1CN(c2ccc(C#C[C@@]3(O)CN4CCC3CC4)c(Cc3ccccc3)c2)C(=O)[C@@H]1OC. The van der Waals surface area contributed by atoms with Crippen LogP contribution in [0.3, 0.4) is 0 Å². The molecule has 6 heteroatoms. The number of aliphatic hydroxyl groups is 1. The van der Waals surface area contributed by atoms with Crippen molar-refractivity contribution in [3.8, 4) is 11.8 Å². The molecular weight excluding hydrogens is 428 g/mol. The van der Waals surface area contributed by atoms with Gasteiger partial charge >= 0.3 is 0 Å². The molecule has 0 spiro atoms. The molecule has 1 N–H and O–H groups in total. The Morgan fingerprint density at radius 1 is 1.09 bits per heavy atom. The first-order valence-corrected chi connectivity index (χ1v) is 12.0. The highest BCUT2D eigenvalue weighted by Gasteiger charge is 2.44. The Bertz CT molecular complexity index is 1100. The molecule has 4 fully saturated rings. The van der Waals surface area contributed by atoms with E-state index in [0.717, 1.165) is 42.7 Å². The molecule has 6 rings (SSSR count). The topological polar surface area (TPSA) is 62.2 Å². The van der Waals surface area contributed by atoms with E-state index < -0.39 is 11.7 Å². The van der Waals surface area contributed by atoms with Crippen LogP contribution in [0, 0.1) is 17.8 Å². The zero-order valence-corrected chi connectivity index (χ0v) is 19.9. The lowest BCUT2D eigenvalue weighted by molar-refractivity contribution is -0.129. The van der Waals surface area contributed by atoms with E-state index in [2.05, 4.69) is 28.9 Å². The van der Waals surface area contributed by atoms with Crippen LogP contribution >= 0.6 is 0 Å². The third-order valence-electron chi connectivity index (χ3n) is 7.55. The minimum absolute atomic E-state index is 0.0968. The van der Waals surface area contributed by atoms with Gasteiger partial charge in [-0.2, -0.15) is 0 Å². The van der Waals surface area contributed by atoms with Crippen LogP contribution in [-0.4, -0.2) is 74.1 Å². The molecule has 0 radical (unpaired) electrons. The van der Waals surface area contributed by atoms with Gasteiger partial charge in [0.25, 0.3) is 5.91 Å². The number of methoxy groups -OCH3 is 2. The van der Waals surface area contributed by atoms with Crippen molar-refractivity contribution in [2.24, 2.45) is 5.92 Å². The number of carbonyl (C=O) groups is 1. The summed E-state index contributed by atoms with van der Waals surface area (Å²) in [6.45, 7) is 3.17. The fraction of sp³-hybridized carbons (Fsp3) is 0.464. The fourth-order valence-electron chi connectivity index (χ4n) is 5.55. The first-order valence-electron chi connectivity index (χ1n) is 12.0. The Morgan fingerprint density at radius 2 is 1.85 bits per heavy atom. The van der Waals surface area contributed by atoms with Gasteiger partial charge < -0.3 is 19.5 Å². The summed E-state index contributed by atoms with van der Waals surface area (Å²) >= 11 is 0. The molecule has 0 saturated carbocycles. The van der Waals surface area contributed by atoms with Crippen LogP contribution in [0.15, 0.2) is 48.5 Å². The van der Waals surface area contributed by atoms with Gasteiger partial charge in [-0.15, -0.1) is 0 Å². The van der Waals surface area contributed by atoms with Crippen molar-refractivity contribution in [2.75, 3.05) is 45.3 Å². The monoisotopic (exact) mass is 460 g/mol. The van der Waals surface area contributed by atoms with Crippen LogP contribution in [0.4, 0.5) is 5.69 Å². The number of rotatable bonds is 5. The number of benzene rings is 2. The third kappa shape index (κ3) is 4.37. The van der Waals surface area contributed by atoms with E-state index >= 15 is 0 Å². The summed E-state index contributed by atoms with van der Waals surface area (Å²) in [7, 11) is 3.14. The summed E-state index contributed by atoms with van der Waals surface area (Å²) in [6, 6.07) is 16.2. The Balaban J connectivity index is 1.48. The first kappa shape index (κ1) is 23.1. The van der Waals surface area contributed by atoms with E-state index in [4.69, 9.17) is 9.47 Å². The lowest BCUT2D eigenvalue weighted by atomic mass is 9.75. The van der Waals surface area contributed by atoms with Gasteiger partial charge in [0.15, 0.2) is 6.10 Å². The molecule has 2 aromatic carbocycles. The Labute approximate surface area is 201 Å². The van der Waals surface area contributed by atoms with Crippen molar-refractivity contribution in [3.05, 3.63) is 65.2 Å². The van der Waals surface area contributed by atoms with Gasteiger partial charge in [-0.3, -0.25) is 9.69 Å². The van der Waals surface area contributed by atoms with Gasteiger partial charge in [-0.05, 0) is 61.7 Å². The van der Waals surface area contributed by atoms with Gasteiger partial charge in [-0.25, -0.2) is 0 Å². The molecule has 2 aromatic rings. The molecule has 6 nitrogen and oxygen atoms in total. The molecule has 3 atom stereocenters. The normalized spacial score (nSPS) is 30.3. The molecule has 4 heterocycles. The van der Waals surface area contributed by atoms with E-state index in [9.17, 15) is 9.90 Å². The zero-order chi connectivity index (χ0) is 23.7. The van der Waals surface area contributed by atoms with Crippen LogP contribution in [0.2, 0.25) is 0 Å². The predicted molar refractivity (Wildman–Crippen MR) is 131 cm³/mol. The van der Waals surface area contributed by atoms with Crippen LogP contribution in [0.1, 0.15) is 29.5 Å².